The molecule has 0 spiro atoms. The van der Waals surface area contributed by atoms with Crippen LogP contribution in [-0.4, -0.2) is 17.9 Å². The lowest BCUT2D eigenvalue weighted by Crippen LogP contribution is -2.46. The van der Waals surface area contributed by atoms with Gasteiger partial charge in [-0.2, -0.15) is 13.2 Å². The maximum Gasteiger partial charge on any atom is 0.416 e. The summed E-state index contributed by atoms with van der Waals surface area (Å²) in [6.07, 6.45) is -5.20. The molecule has 0 aliphatic carbocycles. The standard InChI is InChI=1S/C17H13F5N2O2/c18-10-5-6-11(13(19)8-10)16(26)24-14(15(23)25)7-9-3-1-2-4-12(9)17(20,21)22/h1-6,8,14H,7H2,(H2,23,25)(H,24,26)/t14-/m1/s1. The van der Waals surface area contributed by atoms with Gasteiger partial charge >= 0.3 is 6.18 Å². The molecule has 9 heteroatoms. The van der Waals surface area contributed by atoms with E-state index in [0.29, 0.717) is 6.07 Å². The van der Waals surface area contributed by atoms with Gasteiger partial charge in [-0.15, -0.1) is 0 Å². The molecule has 0 saturated heterocycles. The molecule has 1 atom stereocenters. The molecule has 0 radical (unpaired) electrons. The van der Waals surface area contributed by atoms with Crippen molar-refractivity contribution in [1.82, 2.24) is 5.32 Å². The summed E-state index contributed by atoms with van der Waals surface area (Å²) in [6.45, 7) is 0. The minimum absolute atomic E-state index is 0.260. The highest BCUT2D eigenvalue weighted by Crippen LogP contribution is 2.32. The largest absolute Gasteiger partial charge is 0.416 e. The highest BCUT2D eigenvalue weighted by Gasteiger charge is 2.34. The molecule has 0 saturated carbocycles. The Morgan fingerprint density at radius 1 is 1.08 bits per heavy atom. The van der Waals surface area contributed by atoms with Crippen molar-refractivity contribution in [3.63, 3.8) is 0 Å². The average Bonchev–Trinajstić information content (AvgIpc) is 2.53. The van der Waals surface area contributed by atoms with Gasteiger partial charge < -0.3 is 11.1 Å². The van der Waals surface area contributed by atoms with Crippen molar-refractivity contribution in [2.45, 2.75) is 18.6 Å². The fraction of sp³-hybridized carbons (Fsp3) is 0.176. The molecule has 138 valence electrons. The molecule has 26 heavy (non-hydrogen) atoms. The zero-order valence-electron chi connectivity index (χ0n) is 13.1. The molecule has 2 aromatic rings. The van der Waals surface area contributed by atoms with Crippen LogP contribution in [0, 0.1) is 11.6 Å². The van der Waals surface area contributed by atoms with Gasteiger partial charge in [0, 0.05) is 12.5 Å². The van der Waals surface area contributed by atoms with Gasteiger partial charge in [0.15, 0.2) is 0 Å². The topological polar surface area (TPSA) is 72.2 Å². The minimum atomic E-state index is -4.66. The molecule has 0 aliphatic heterocycles. The first-order valence-electron chi connectivity index (χ1n) is 7.30. The molecular formula is C17H13F5N2O2. The van der Waals surface area contributed by atoms with Gasteiger partial charge in [-0.1, -0.05) is 18.2 Å². The molecule has 0 aliphatic rings. The van der Waals surface area contributed by atoms with Crippen molar-refractivity contribution in [3.8, 4) is 0 Å². The first-order chi connectivity index (χ1) is 12.1. The fourth-order valence-electron chi connectivity index (χ4n) is 2.33. The molecular weight excluding hydrogens is 359 g/mol. The van der Waals surface area contributed by atoms with E-state index in [0.717, 1.165) is 24.3 Å². The van der Waals surface area contributed by atoms with E-state index in [2.05, 4.69) is 5.32 Å². The summed E-state index contributed by atoms with van der Waals surface area (Å²) < 4.78 is 65.6. The molecule has 0 unspecified atom stereocenters. The second-order valence-electron chi connectivity index (χ2n) is 5.41. The van der Waals surface area contributed by atoms with Crippen molar-refractivity contribution in [2.24, 2.45) is 5.73 Å². The van der Waals surface area contributed by atoms with Crippen LogP contribution in [0.5, 0.6) is 0 Å². The second kappa shape index (κ2) is 7.51. The molecule has 0 fully saturated rings. The SMILES string of the molecule is NC(=O)[C@@H](Cc1ccccc1C(F)(F)F)NC(=O)c1ccc(F)cc1F. The summed E-state index contributed by atoms with van der Waals surface area (Å²) in [5.41, 5.74) is 3.34. The van der Waals surface area contributed by atoms with Crippen LogP contribution in [0.2, 0.25) is 0 Å². The minimum Gasteiger partial charge on any atom is -0.368 e. The van der Waals surface area contributed by atoms with Crippen LogP contribution in [-0.2, 0) is 17.4 Å². The van der Waals surface area contributed by atoms with E-state index in [1.54, 1.807) is 0 Å². The van der Waals surface area contributed by atoms with Gasteiger partial charge in [-0.25, -0.2) is 8.78 Å². The van der Waals surface area contributed by atoms with Crippen LogP contribution >= 0.6 is 0 Å². The number of primary amides is 1. The van der Waals surface area contributed by atoms with Gasteiger partial charge in [-0.3, -0.25) is 9.59 Å². The summed E-state index contributed by atoms with van der Waals surface area (Å²) in [6, 6.07) is 5.11. The second-order valence-corrected chi connectivity index (χ2v) is 5.41. The Morgan fingerprint density at radius 3 is 2.31 bits per heavy atom. The predicted molar refractivity (Wildman–Crippen MR) is 82.0 cm³/mol. The smallest absolute Gasteiger partial charge is 0.368 e. The molecule has 2 aromatic carbocycles. The number of carbonyl (C=O) groups is 2. The monoisotopic (exact) mass is 372 g/mol. The van der Waals surface area contributed by atoms with E-state index in [-0.39, 0.29) is 5.56 Å². The number of hydrogen-bond acceptors (Lipinski definition) is 2. The molecule has 2 amide bonds. The van der Waals surface area contributed by atoms with Crippen LogP contribution in [0.15, 0.2) is 42.5 Å². The number of halogens is 5. The molecule has 2 rings (SSSR count). The number of amides is 2. The number of carbonyl (C=O) groups excluding carboxylic acids is 2. The predicted octanol–water partition coefficient (Wildman–Crippen LogP) is 2.81. The van der Waals surface area contributed by atoms with Crippen molar-refractivity contribution in [2.75, 3.05) is 0 Å². The van der Waals surface area contributed by atoms with Gasteiger partial charge in [0.1, 0.15) is 17.7 Å². The van der Waals surface area contributed by atoms with Crippen LogP contribution in [0.4, 0.5) is 22.0 Å². The first-order valence-corrected chi connectivity index (χ1v) is 7.30. The summed E-state index contributed by atoms with van der Waals surface area (Å²) in [5.74, 6) is -4.29. The van der Waals surface area contributed by atoms with Crippen LogP contribution in [0.1, 0.15) is 21.5 Å². The van der Waals surface area contributed by atoms with Gasteiger partial charge in [-0.05, 0) is 23.8 Å². The number of benzene rings is 2. The Hall–Kier alpha value is -2.97. The van der Waals surface area contributed by atoms with E-state index >= 15 is 0 Å². The fourth-order valence-corrected chi connectivity index (χ4v) is 2.33. The lowest BCUT2D eigenvalue weighted by atomic mass is 9.99. The van der Waals surface area contributed by atoms with Crippen LogP contribution < -0.4 is 11.1 Å². The molecule has 0 heterocycles. The van der Waals surface area contributed by atoms with Gasteiger partial charge in [0.05, 0.1) is 11.1 Å². The zero-order chi connectivity index (χ0) is 19.5. The number of rotatable bonds is 5. The Bertz CT molecular complexity index is 836. The van der Waals surface area contributed by atoms with Crippen LogP contribution in [0.25, 0.3) is 0 Å². The lowest BCUT2D eigenvalue weighted by molar-refractivity contribution is -0.138. The summed E-state index contributed by atoms with van der Waals surface area (Å²) >= 11 is 0. The van der Waals surface area contributed by atoms with E-state index in [1.165, 1.54) is 12.1 Å². The Balaban J connectivity index is 2.26. The normalized spacial score (nSPS) is 12.5. The summed E-state index contributed by atoms with van der Waals surface area (Å²) in [4.78, 5) is 23.6. The van der Waals surface area contributed by atoms with Gasteiger partial charge in [0.25, 0.3) is 5.91 Å². The number of nitrogens with one attached hydrogen (secondary N) is 1. The summed E-state index contributed by atoms with van der Waals surface area (Å²) in [7, 11) is 0. The molecule has 3 N–H and O–H groups in total. The van der Waals surface area contributed by atoms with E-state index in [9.17, 15) is 31.5 Å². The first kappa shape index (κ1) is 19.4. The Morgan fingerprint density at radius 2 is 1.73 bits per heavy atom. The third kappa shape index (κ3) is 4.56. The van der Waals surface area contributed by atoms with Crippen molar-refractivity contribution < 1.29 is 31.5 Å². The molecule has 0 bridgehead atoms. The third-order valence-electron chi connectivity index (χ3n) is 3.57. The highest BCUT2D eigenvalue weighted by atomic mass is 19.4. The quantitative estimate of drug-likeness (QED) is 0.793. The lowest BCUT2D eigenvalue weighted by Gasteiger charge is -2.19. The zero-order valence-corrected chi connectivity index (χ0v) is 13.1. The van der Waals surface area contributed by atoms with E-state index in [4.69, 9.17) is 5.73 Å². The molecule has 4 nitrogen and oxygen atoms in total. The van der Waals surface area contributed by atoms with Crippen LogP contribution in [0.3, 0.4) is 0 Å². The number of alkyl halides is 3. The maximum atomic E-state index is 13.6. The van der Waals surface area contributed by atoms with Crippen molar-refractivity contribution in [1.29, 1.82) is 0 Å². The van der Waals surface area contributed by atoms with Gasteiger partial charge in [0.2, 0.25) is 5.91 Å². The summed E-state index contributed by atoms with van der Waals surface area (Å²) in [5, 5.41) is 2.08. The Labute approximate surface area is 144 Å². The highest BCUT2D eigenvalue weighted by molar-refractivity contribution is 5.97. The van der Waals surface area contributed by atoms with Crippen molar-refractivity contribution in [3.05, 3.63) is 70.8 Å². The maximum absolute atomic E-state index is 13.6. The van der Waals surface area contributed by atoms with E-state index < -0.39 is 53.2 Å². The molecule has 0 aromatic heterocycles. The Kier molecular flexibility index (Phi) is 5.59. The number of nitrogens with two attached hydrogens (primary N) is 1. The van der Waals surface area contributed by atoms with Crippen molar-refractivity contribution >= 4 is 11.8 Å². The average molecular weight is 372 g/mol. The van der Waals surface area contributed by atoms with E-state index in [1.807, 2.05) is 0 Å². The third-order valence-corrected chi connectivity index (χ3v) is 3.57. The number of hydrogen-bond donors (Lipinski definition) is 2.